The SMILES string of the molecule is O=C(c1ccc(-c2n[nH]c(=S)o2)cc1)N1CCO[C@H]2CCCC[C@@H]21. The molecule has 0 unspecified atom stereocenters. The van der Waals surface area contributed by atoms with Crippen LogP contribution in [0.2, 0.25) is 0 Å². The first-order chi connectivity index (χ1) is 11.7. The number of amides is 1. The molecule has 7 heteroatoms. The van der Waals surface area contributed by atoms with E-state index in [1.165, 1.54) is 6.42 Å². The van der Waals surface area contributed by atoms with Crippen molar-refractivity contribution in [3.8, 4) is 11.5 Å². The first-order valence-electron chi connectivity index (χ1n) is 8.31. The Morgan fingerprint density at radius 1 is 1.25 bits per heavy atom. The van der Waals surface area contributed by atoms with Crippen LogP contribution < -0.4 is 0 Å². The van der Waals surface area contributed by atoms with E-state index in [0.717, 1.165) is 24.8 Å². The molecule has 0 radical (unpaired) electrons. The second-order valence-corrected chi connectivity index (χ2v) is 6.63. The molecule has 1 saturated heterocycles. The van der Waals surface area contributed by atoms with Gasteiger partial charge in [0.25, 0.3) is 10.7 Å². The molecule has 2 fully saturated rings. The first kappa shape index (κ1) is 15.5. The van der Waals surface area contributed by atoms with Gasteiger partial charge in [-0.3, -0.25) is 4.79 Å². The fourth-order valence-electron chi connectivity index (χ4n) is 3.62. The largest absolute Gasteiger partial charge is 0.409 e. The van der Waals surface area contributed by atoms with Crippen molar-refractivity contribution in [3.63, 3.8) is 0 Å². The quantitative estimate of drug-likeness (QED) is 0.847. The zero-order chi connectivity index (χ0) is 16.5. The van der Waals surface area contributed by atoms with Crippen molar-refractivity contribution in [1.29, 1.82) is 0 Å². The maximum Gasteiger partial charge on any atom is 0.284 e. The zero-order valence-electron chi connectivity index (χ0n) is 13.2. The molecule has 0 bridgehead atoms. The van der Waals surface area contributed by atoms with Gasteiger partial charge in [-0.15, -0.1) is 5.10 Å². The number of aromatic nitrogens is 2. The van der Waals surface area contributed by atoms with Crippen LogP contribution >= 0.6 is 12.2 Å². The third kappa shape index (κ3) is 2.89. The highest BCUT2D eigenvalue weighted by atomic mass is 32.1. The van der Waals surface area contributed by atoms with Gasteiger partial charge in [0.2, 0.25) is 5.89 Å². The average molecular weight is 345 g/mol. The molecule has 24 heavy (non-hydrogen) atoms. The van der Waals surface area contributed by atoms with Gasteiger partial charge in [-0.2, -0.15) is 0 Å². The number of carbonyl (C=O) groups excluding carboxylic acids is 1. The van der Waals surface area contributed by atoms with Crippen molar-refractivity contribution >= 4 is 18.1 Å². The molecule has 1 N–H and O–H groups in total. The summed E-state index contributed by atoms with van der Waals surface area (Å²) in [6, 6.07) is 7.51. The number of aromatic amines is 1. The van der Waals surface area contributed by atoms with Gasteiger partial charge in [0.15, 0.2) is 0 Å². The van der Waals surface area contributed by atoms with E-state index < -0.39 is 0 Å². The Labute approximate surface area is 144 Å². The van der Waals surface area contributed by atoms with Crippen LogP contribution in [0.1, 0.15) is 36.0 Å². The van der Waals surface area contributed by atoms with Gasteiger partial charge in [-0.25, -0.2) is 5.10 Å². The van der Waals surface area contributed by atoms with Crippen LogP contribution in [0.25, 0.3) is 11.5 Å². The summed E-state index contributed by atoms with van der Waals surface area (Å²) >= 11 is 4.88. The van der Waals surface area contributed by atoms with E-state index in [1.54, 1.807) is 0 Å². The van der Waals surface area contributed by atoms with E-state index in [4.69, 9.17) is 21.4 Å². The average Bonchev–Trinajstić information content (AvgIpc) is 3.07. The highest BCUT2D eigenvalue weighted by Gasteiger charge is 2.36. The highest BCUT2D eigenvalue weighted by molar-refractivity contribution is 7.71. The molecule has 1 amide bonds. The summed E-state index contributed by atoms with van der Waals surface area (Å²) in [6.45, 7) is 1.29. The number of nitrogens with one attached hydrogen (secondary N) is 1. The lowest BCUT2D eigenvalue weighted by molar-refractivity contribution is -0.0752. The normalized spacial score (nSPS) is 23.8. The maximum atomic E-state index is 12.9. The summed E-state index contributed by atoms with van der Waals surface area (Å²) in [5, 5.41) is 6.59. The van der Waals surface area contributed by atoms with E-state index in [2.05, 4.69) is 10.2 Å². The number of morpholine rings is 1. The smallest absolute Gasteiger partial charge is 0.284 e. The molecule has 126 valence electrons. The van der Waals surface area contributed by atoms with Gasteiger partial charge in [0, 0.05) is 17.7 Å². The summed E-state index contributed by atoms with van der Waals surface area (Å²) in [5.41, 5.74) is 1.47. The third-order valence-corrected chi connectivity index (χ3v) is 4.98. The Hall–Kier alpha value is -1.99. The molecule has 0 spiro atoms. The van der Waals surface area contributed by atoms with E-state index in [1.807, 2.05) is 29.2 Å². The van der Waals surface area contributed by atoms with Gasteiger partial charge < -0.3 is 14.1 Å². The monoisotopic (exact) mass is 345 g/mol. The lowest BCUT2D eigenvalue weighted by Gasteiger charge is -2.43. The van der Waals surface area contributed by atoms with Crippen LogP contribution in [0.15, 0.2) is 28.7 Å². The Morgan fingerprint density at radius 3 is 2.79 bits per heavy atom. The Morgan fingerprint density at radius 2 is 2.04 bits per heavy atom. The minimum atomic E-state index is 0.0738. The summed E-state index contributed by atoms with van der Waals surface area (Å²) in [5.74, 6) is 0.502. The van der Waals surface area contributed by atoms with Gasteiger partial charge in [0.05, 0.1) is 18.8 Å². The van der Waals surface area contributed by atoms with E-state index >= 15 is 0 Å². The van der Waals surface area contributed by atoms with E-state index in [0.29, 0.717) is 24.6 Å². The van der Waals surface area contributed by atoms with Crippen LogP contribution in [0.5, 0.6) is 0 Å². The highest BCUT2D eigenvalue weighted by Crippen LogP contribution is 2.29. The molecular weight excluding hydrogens is 326 g/mol. The molecule has 2 aliphatic rings. The molecule has 6 nitrogen and oxygen atoms in total. The van der Waals surface area contributed by atoms with Gasteiger partial charge in [-0.05, 0) is 49.3 Å². The fraction of sp³-hybridized carbons (Fsp3) is 0.471. The molecule has 2 heterocycles. The summed E-state index contributed by atoms with van der Waals surface area (Å²) in [4.78, 5) is 15.1. The van der Waals surface area contributed by atoms with Crippen molar-refractivity contribution in [3.05, 3.63) is 34.7 Å². The third-order valence-electron chi connectivity index (χ3n) is 4.81. The second kappa shape index (κ2) is 6.49. The summed E-state index contributed by atoms with van der Waals surface area (Å²) in [6.07, 6.45) is 4.64. The van der Waals surface area contributed by atoms with Crippen molar-refractivity contribution in [2.45, 2.75) is 37.8 Å². The maximum absolute atomic E-state index is 12.9. The molecule has 1 aliphatic carbocycles. The minimum Gasteiger partial charge on any atom is -0.409 e. The van der Waals surface area contributed by atoms with Crippen LogP contribution in [0.4, 0.5) is 0 Å². The van der Waals surface area contributed by atoms with E-state index in [-0.39, 0.29) is 22.9 Å². The number of ether oxygens (including phenoxy) is 1. The van der Waals surface area contributed by atoms with E-state index in [9.17, 15) is 4.79 Å². The predicted molar refractivity (Wildman–Crippen MR) is 90.2 cm³/mol. The molecule has 2 aromatic rings. The molecule has 2 atom stereocenters. The van der Waals surface area contributed by atoms with Gasteiger partial charge in [0.1, 0.15) is 0 Å². The molecule has 1 saturated carbocycles. The predicted octanol–water partition coefficient (Wildman–Crippen LogP) is 3.18. The standard InChI is InChI=1S/C17H19N3O3S/c21-16(20-9-10-22-14-4-2-1-3-13(14)20)12-7-5-11(6-8-12)15-18-19-17(24)23-15/h5-8,13-14H,1-4,9-10H2,(H,19,24)/t13-,14-/m0/s1. The van der Waals surface area contributed by atoms with Gasteiger partial charge >= 0.3 is 0 Å². The number of nitrogens with zero attached hydrogens (tertiary/aromatic N) is 2. The minimum absolute atomic E-state index is 0.0738. The number of benzene rings is 1. The Kier molecular flexibility index (Phi) is 4.20. The van der Waals surface area contributed by atoms with Crippen LogP contribution in [0, 0.1) is 4.84 Å². The lowest BCUT2D eigenvalue weighted by Crippen LogP contribution is -2.54. The van der Waals surface area contributed by atoms with Crippen molar-refractivity contribution in [2.75, 3.05) is 13.2 Å². The number of hydrogen-bond acceptors (Lipinski definition) is 5. The number of hydrogen-bond donors (Lipinski definition) is 1. The fourth-order valence-corrected chi connectivity index (χ4v) is 3.75. The number of rotatable bonds is 2. The molecule has 1 aromatic carbocycles. The molecule has 1 aliphatic heterocycles. The Balaban J connectivity index is 1.54. The lowest BCUT2D eigenvalue weighted by atomic mass is 9.89. The van der Waals surface area contributed by atoms with Crippen molar-refractivity contribution in [1.82, 2.24) is 15.1 Å². The van der Waals surface area contributed by atoms with Gasteiger partial charge in [-0.1, -0.05) is 12.8 Å². The van der Waals surface area contributed by atoms with Crippen LogP contribution in [-0.4, -0.2) is 46.3 Å². The number of H-pyrrole nitrogens is 1. The summed E-state index contributed by atoms with van der Waals surface area (Å²) in [7, 11) is 0. The van der Waals surface area contributed by atoms with Crippen LogP contribution in [-0.2, 0) is 4.74 Å². The summed E-state index contributed by atoms with van der Waals surface area (Å²) < 4.78 is 11.1. The molecule has 4 rings (SSSR count). The molecular formula is C17H19N3O3S. The first-order valence-corrected chi connectivity index (χ1v) is 8.72. The topological polar surface area (TPSA) is 71.4 Å². The zero-order valence-corrected chi connectivity index (χ0v) is 14.1. The number of fused-ring (bicyclic) bond motifs is 1. The molecule has 1 aromatic heterocycles. The number of carbonyl (C=O) groups is 1. The van der Waals surface area contributed by atoms with Crippen molar-refractivity contribution in [2.24, 2.45) is 0 Å². The van der Waals surface area contributed by atoms with Crippen LogP contribution in [0.3, 0.4) is 0 Å². The Bertz CT molecular complexity index is 781. The second-order valence-electron chi connectivity index (χ2n) is 6.26. The van der Waals surface area contributed by atoms with Crippen molar-refractivity contribution < 1.29 is 13.9 Å².